The van der Waals surface area contributed by atoms with E-state index in [2.05, 4.69) is 31.3 Å². The van der Waals surface area contributed by atoms with Gasteiger partial charge in [-0.25, -0.2) is 0 Å². The molecule has 0 bridgehead atoms. The predicted octanol–water partition coefficient (Wildman–Crippen LogP) is 21.0. The second-order valence-electron chi connectivity index (χ2n) is 22.8. The van der Waals surface area contributed by atoms with E-state index in [1.54, 1.807) is 6.08 Å². The molecule has 0 aromatic carbocycles. The van der Waals surface area contributed by atoms with Crippen molar-refractivity contribution in [1.82, 2.24) is 5.32 Å². The van der Waals surface area contributed by atoms with Gasteiger partial charge in [0.15, 0.2) is 0 Å². The van der Waals surface area contributed by atoms with Crippen LogP contribution in [-0.2, 0) is 14.3 Å². The zero-order chi connectivity index (χ0) is 52.9. The first-order chi connectivity index (χ1) is 36.0. The molecule has 0 aromatic heterocycles. The largest absolute Gasteiger partial charge is 0.466 e. The van der Waals surface area contributed by atoms with E-state index < -0.39 is 12.1 Å². The lowest BCUT2D eigenvalue weighted by molar-refractivity contribution is -0.143. The fraction of sp³-hybridized carbons (Fsp3) is 0.910. The first-order valence-corrected chi connectivity index (χ1v) is 33.1. The maximum Gasteiger partial charge on any atom is 0.305 e. The number of aliphatic hydroxyl groups is 2. The summed E-state index contributed by atoms with van der Waals surface area (Å²) in [6.07, 6.45) is 78.0. The first kappa shape index (κ1) is 71.3. The molecular weight excluding hydrogens is 899 g/mol. The summed E-state index contributed by atoms with van der Waals surface area (Å²) in [5, 5.41) is 23.2. The SMILES string of the molecule is CCCCC/C=C\CCCCCCCC(=O)OCCCCCCCCCCCCCCCCCCCCCCCCC(=O)NC(CO)C(O)/C=C/CCCCCCCCCCCCCCCCCCCCCC. The number of carbonyl (C=O) groups is 2. The van der Waals surface area contributed by atoms with Crippen molar-refractivity contribution in [3.05, 3.63) is 24.3 Å². The Hall–Kier alpha value is -1.66. The Bertz CT molecular complexity index is 1140. The fourth-order valence-corrected chi connectivity index (χ4v) is 10.4. The summed E-state index contributed by atoms with van der Waals surface area (Å²) >= 11 is 0. The molecule has 1 amide bonds. The van der Waals surface area contributed by atoms with Crippen molar-refractivity contribution in [3.8, 4) is 0 Å². The zero-order valence-corrected chi connectivity index (χ0v) is 49.4. The van der Waals surface area contributed by atoms with E-state index in [1.807, 2.05) is 6.08 Å². The van der Waals surface area contributed by atoms with E-state index in [0.29, 0.717) is 19.4 Å². The Labute approximate surface area is 456 Å². The number of esters is 1. The van der Waals surface area contributed by atoms with Gasteiger partial charge in [0.1, 0.15) is 0 Å². The molecule has 2 unspecified atom stereocenters. The van der Waals surface area contributed by atoms with Crippen LogP contribution in [0.1, 0.15) is 367 Å². The molecule has 2 atom stereocenters. The summed E-state index contributed by atoms with van der Waals surface area (Å²) in [6.45, 7) is 4.91. The minimum atomic E-state index is -0.845. The molecule has 0 aliphatic carbocycles. The van der Waals surface area contributed by atoms with Gasteiger partial charge in [0.25, 0.3) is 0 Å². The Kier molecular flexibility index (Phi) is 61.4. The molecule has 0 aliphatic rings. The number of amides is 1. The average molecular weight is 1030 g/mol. The summed E-state index contributed by atoms with van der Waals surface area (Å²) in [7, 11) is 0. The highest BCUT2D eigenvalue weighted by Gasteiger charge is 2.18. The molecule has 0 spiro atoms. The molecule has 73 heavy (non-hydrogen) atoms. The van der Waals surface area contributed by atoms with Gasteiger partial charge in [-0.15, -0.1) is 0 Å². The highest BCUT2D eigenvalue weighted by Crippen LogP contribution is 2.18. The Morgan fingerprint density at radius 3 is 1.00 bits per heavy atom. The summed E-state index contributed by atoms with van der Waals surface area (Å²) in [4.78, 5) is 24.5. The van der Waals surface area contributed by atoms with Gasteiger partial charge >= 0.3 is 5.97 Å². The highest BCUT2D eigenvalue weighted by atomic mass is 16.5. The fourth-order valence-electron chi connectivity index (χ4n) is 10.4. The minimum Gasteiger partial charge on any atom is -0.466 e. The maximum absolute atomic E-state index is 12.5. The third-order valence-electron chi connectivity index (χ3n) is 15.5. The van der Waals surface area contributed by atoms with E-state index in [1.165, 1.54) is 295 Å². The minimum absolute atomic E-state index is 0.00317. The van der Waals surface area contributed by atoms with Crippen LogP contribution in [0.3, 0.4) is 0 Å². The van der Waals surface area contributed by atoms with Gasteiger partial charge in [0.2, 0.25) is 5.91 Å². The monoisotopic (exact) mass is 1030 g/mol. The number of hydrogen-bond acceptors (Lipinski definition) is 5. The Morgan fingerprint density at radius 2 is 0.644 bits per heavy atom. The number of allylic oxidation sites excluding steroid dienone is 3. The van der Waals surface area contributed by atoms with Crippen molar-refractivity contribution >= 4 is 11.9 Å². The maximum atomic E-state index is 12.5. The third kappa shape index (κ3) is 59.4. The molecule has 0 radical (unpaired) electrons. The lowest BCUT2D eigenvalue weighted by Gasteiger charge is -2.20. The molecule has 6 heteroatoms. The predicted molar refractivity (Wildman–Crippen MR) is 320 cm³/mol. The molecule has 0 heterocycles. The van der Waals surface area contributed by atoms with E-state index in [4.69, 9.17) is 4.74 Å². The van der Waals surface area contributed by atoms with Gasteiger partial charge in [-0.3, -0.25) is 9.59 Å². The Balaban J connectivity index is 3.42. The summed E-state index contributed by atoms with van der Waals surface area (Å²) in [6, 6.07) is -0.629. The molecule has 0 aliphatic heterocycles. The van der Waals surface area contributed by atoms with Crippen LogP contribution in [0.2, 0.25) is 0 Å². The third-order valence-corrected chi connectivity index (χ3v) is 15.5. The van der Waals surface area contributed by atoms with Crippen LogP contribution in [0.5, 0.6) is 0 Å². The van der Waals surface area contributed by atoms with Crippen molar-refractivity contribution in [1.29, 1.82) is 0 Å². The second-order valence-corrected chi connectivity index (χ2v) is 22.8. The van der Waals surface area contributed by atoms with Gasteiger partial charge in [-0.05, 0) is 57.8 Å². The van der Waals surface area contributed by atoms with E-state index in [-0.39, 0.29) is 18.5 Å². The molecule has 3 N–H and O–H groups in total. The number of hydrogen-bond donors (Lipinski definition) is 3. The number of rotatable bonds is 62. The summed E-state index contributed by atoms with van der Waals surface area (Å²) in [5.41, 5.74) is 0. The van der Waals surface area contributed by atoms with Crippen molar-refractivity contribution in [2.75, 3.05) is 13.2 Å². The molecule has 0 rings (SSSR count). The highest BCUT2D eigenvalue weighted by molar-refractivity contribution is 5.76. The van der Waals surface area contributed by atoms with Crippen LogP contribution in [0, 0.1) is 0 Å². The molecular formula is C67H129NO5. The van der Waals surface area contributed by atoms with Gasteiger partial charge in [-0.1, -0.05) is 321 Å². The normalized spacial score (nSPS) is 12.7. The van der Waals surface area contributed by atoms with Gasteiger partial charge < -0.3 is 20.3 Å². The summed E-state index contributed by atoms with van der Waals surface area (Å²) < 4.78 is 5.47. The molecule has 432 valence electrons. The number of aliphatic hydroxyl groups excluding tert-OH is 2. The standard InChI is InChI=1S/C67H129NO5/c1-3-5-7-9-11-13-15-17-18-19-20-21-24-27-30-33-36-39-43-47-51-55-59-65(70)64(63-69)68-66(71)60-56-52-48-44-40-37-34-31-28-25-22-23-26-29-32-35-38-42-46-50-54-58-62-73-67(72)61-57-53-49-45-41-16-14-12-10-8-6-4-2/h12,14,55,59,64-65,69-70H,3-11,13,15-54,56-58,60-63H2,1-2H3,(H,68,71)/b14-12-,59-55+. The van der Waals surface area contributed by atoms with Crippen molar-refractivity contribution in [2.45, 2.75) is 379 Å². The van der Waals surface area contributed by atoms with Crippen molar-refractivity contribution < 1.29 is 24.5 Å². The smallest absolute Gasteiger partial charge is 0.305 e. The number of nitrogens with one attached hydrogen (secondary N) is 1. The topological polar surface area (TPSA) is 95.9 Å². The average Bonchev–Trinajstić information content (AvgIpc) is 3.39. The van der Waals surface area contributed by atoms with Crippen LogP contribution < -0.4 is 5.32 Å². The quantitative estimate of drug-likeness (QED) is 0.0320. The van der Waals surface area contributed by atoms with Gasteiger partial charge in [-0.2, -0.15) is 0 Å². The molecule has 6 nitrogen and oxygen atoms in total. The molecule has 0 saturated heterocycles. The molecule has 0 fully saturated rings. The van der Waals surface area contributed by atoms with Gasteiger partial charge in [0, 0.05) is 12.8 Å². The van der Waals surface area contributed by atoms with E-state index in [9.17, 15) is 19.8 Å². The van der Waals surface area contributed by atoms with Crippen LogP contribution in [0.25, 0.3) is 0 Å². The number of unbranched alkanes of at least 4 members (excludes halogenated alkanes) is 49. The van der Waals surface area contributed by atoms with Crippen LogP contribution >= 0.6 is 0 Å². The first-order valence-electron chi connectivity index (χ1n) is 33.1. The molecule has 0 saturated carbocycles. The van der Waals surface area contributed by atoms with Crippen molar-refractivity contribution in [3.63, 3.8) is 0 Å². The second kappa shape index (κ2) is 62.9. The van der Waals surface area contributed by atoms with Crippen LogP contribution in [0.15, 0.2) is 24.3 Å². The van der Waals surface area contributed by atoms with Gasteiger partial charge in [0.05, 0.1) is 25.4 Å². The lowest BCUT2D eigenvalue weighted by Crippen LogP contribution is -2.45. The van der Waals surface area contributed by atoms with E-state index in [0.717, 1.165) is 44.9 Å². The van der Waals surface area contributed by atoms with Crippen LogP contribution in [0.4, 0.5) is 0 Å². The lowest BCUT2D eigenvalue weighted by atomic mass is 10.0. The number of carbonyl (C=O) groups excluding carboxylic acids is 2. The Morgan fingerprint density at radius 1 is 0.370 bits per heavy atom. The zero-order valence-electron chi connectivity index (χ0n) is 49.4. The molecule has 0 aromatic rings. The number of ether oxygens (including phenoxy) is 1. The summed E-state index contributed by atoms with van der Waals surface area (Å²) in [5.74, 6) is -0.0613. The van der Waals surface area contributed by atoms with Crippen molar-refractivity contribution in [2.24, 2.45) is 0 Å². The van der Waals surface area contributed by atoms with Crippen LogP contribution in [-0.4, -0.2) is 47.4 Å². The van der Waals surface area contributed by atoms with E-state index >= 15 is 0 Å².